The molecule has 0 bridgehead atoms. The summed E-state index contributed by atoms with van der Waals surface area (Å²) in [7, 11) is 0. The Bertz CT molecular complexity index is 394. The van der Waals surface area contributed by atoms with Gasteiger partial charge in [0.2, 0.25) is 0 Å². The lowest BCUT2D eigenvalue weighted by atomic mass is 9.76. The summed E-state index contributed by atoms with van der Waals surface area (Å²) in [5, 5.41) is 9.58. The van der Waals surface area contributed by atoms with Gasteiger partial charge in [-0.1, -0.05) is 25.5 Å². The molecule has 0 radical (unpaired) electrons. The molecule has 0 aromatic carbocycles. The van der Waals surface area contributed by atoms with E-state index < -0.39 is 11.4 Å². The van der Waals surface area contributed by atoms with Crippen LogP contribution in [-0.2, 0) is 4.79 Å². The maximum absolute atomic E-state index is 12.6. The Labute approximate surface area is 126 Å². The largest absolute Gasteiger partial charge is 0.481 e. The zero-order valence-electron chi connectivity index (χ0n) is 12.9. The number of carbonyl (C=O) groups excluding carboxylic acids is 1. The number of carboxylic acids is 1. The van der Waals surface area contributed by atoms with Crippen LogP contribution >= 0.6 is 0 Å². The van der Waals surface area contributed by atoms with E-state index in [0.29, 0.717) is 39.0 Å². The van der Waals surface area contributed by atoms with Gasteiger partial charge in [0.05, 0.1) is 5.41 Å². The molecule has 1 fully saturated rings. The van der Waals surface area contributed by atoms with Crippen LogP contribution in [0, 0.1) is 5.41 Å². The molecule has 1 aliphatic rings. The van der Waals surface area contributed by atoms with Crippen LogP contribution in [0.15, 0.2) is 25.3 Å². The predicted molar refractivity (Wildman–Crippen MR) is 83.1 cm³/mol. The summed E-state index contributed by atoms with van der Waals surface area (Å²) >= 11 is 0. The summed E-state index contributed by atoms with van der Waals surface area (Å²) in [6, 6.07) is -0.128. The molecule has 1 atom stereocenters. The quantitative estimate of drug-likeness (QED) is 0.734. The molecular weight excluding hydrogens is 268 g/mol. The first-order valence-electron chi connectivity index (χ1n) is 7.49. The molecule has 1 saturated heterocycles. The number of carbonyl (C=O) groups is 2. The Hall–Kier alpha value is -1.78. The third-order valence-electron chi connectivity index (χ3n) is 4.00. The second kappa shape index (κ2) is 7.86. The topological polar surface area (TPSA) is 60.9 Å². The number of hydrogen-bond donors (Lipinski definition) is 1. The van der Waals surface area contributed by atoms with Crippen LogP contribution in [0.4, 0.5) is 4.79 Å². The zero-order chi connectivity index (χ0) is 15.9. The lowest BCUT2D eigenvalue weighted by Gasteiger charge is -2.41. The van der Waals surface area contributed by atoms with Crippen molar-refractivity contribution in [1.29, 1.82) is 0 Å². The number of nitrogens with zero attached hydrogens (tertiary/aromatic N) is 2. The second-order valence-electron chi connectivity index (χ2n) is 5.63. The van der Waals surface area contributed by atoms with Crippen LogP contribution < -0.4 is 0 Å². The highest BCUT2D eigenvalue weighted by Gasteiger charge is 2.43. The monoisotopic (exact) mass is 294 g/mol. The summed E-state index contributed by atoms with van der Waals surface area (Å²) in [6.45, 7) is 11.1. The number of aliphatic carboxylic acids is 1. The van der Waals surface area contributed by atoms with Crippen molar-refractivity contribution in [3.8, 4) is 0 Å². The molecule has 5 heteroatoms. The standard InChI is InChI=1S/C16H26N2O3/c1-4-8-16(14(19)20)9-7-12-18(13-16)15(21)17(10-5-2)11-6-3/h5-6H,2-4,7-13H2,1H3,(H,19,20). The van der Waals surface area contributed by atoms with Gasteiger partial charge < -0.3 is 14.9 Å². The Morgan fingerprint density at radius 2 is 1.95 bits per heavy atom. The van der Waals surface area contributed by atoms with Gasteiger partial charge in [0.25, 0.3) is 0 Å². The van der Waals surface area contributed by atoms with Gasteiger partial charge in [-0.2, -0.15) is 0 Å². The molecule has 21 heavy (non-hydrogen) atoms. The van der Waals surface area contributed by atoms with Crippen molar-refractivity contribution in [2.24, 2.45) is 5.41 Å². The lowest BCUT2D eigenvalue weighted by Crippen LogP contribution is -2.53. The van der Waals surface area contributed by atoms with Gasteiger partial charge in [-0.3, -0.25) is 4.79 Å². The van der Waals surface area contributed by atoms with Crippen LogP contribution in [0.25, 0.3) is 0 Å². The minimum absolute atomic E-state index is 0.128. The molecule has 0 saturated carbocycles. The molecule has 5 nitrogen and oxygen atoms in total. The summed E-state index contributed by atoms with van der Waals surface area (Å²) in [5.41, 5.74) is -0.795. The van der Waals surface area contributed by atoms with E-state index in [2.05, 4.69) is 13.2 Å². The van der Waals surface area contributed by atoms with Crippen molar-refractivity contribution in [2.45, 2.75) is 32.6 Å². The van der Waals surface area contributed by atoms with Gasteiger partial charge in [-0.15, -0.1) is 13.2 Å². The summed E-state index contributed by atoms with van der Waals surface area (Å²) in [5.74, 6) is -0.791. The van der Waals surface area contributed by atoms with Crippen molar-refractivity contribution in [1.82, 2.24) is 9.80 Å². The van der Waals surface area contributed by atoms with Crippen molar-refractivity contribution in [3.63, 3.8) is 0 Å². The minimum atomic E-state index is -0.795. The first kappa shape index (κ1) is 17.3. The number of rotatable bonds is 7. The molecule has 0 aromatic rings. The molecule has 0 spiro atoms. The van der Waals surface area contributed by atoms with Gasteiger partial charge in [-0.25, -0.2) is 4.79 Å². The summed E-state index contributed by atoms with van der Waals surface area (Å²) < 4.78 is 0. The van der Waals surface area contributed by atoms with Crippen LogP contribution in [0.1, 0.15) is 32.6 Å². The average molecular weight is 294 g/mol. The van der Waals surface area contributed by atoms with E-state index >= 15 is 0 Å². The highest BCUT2D eigenvalue weighted by atomic mass is 16.4. The van der Waals surface area contributed by atoms with E-state index in [-0.39, 0.29) is 6.03 Å². The van der Waals surface area contributed by atoms with Gasteiger partial charge in [0.15, 0.2) is 0 Å². The average Bonchev–Trinajstić information content (AvgIpc) is 2.46. The fourth-order valence-electron chi connectivity index (χ4n) is 3.00. The SMILES string of the molecule is C=CCN(CC=C)C(=O)N1CCCC(CCC)(C(=O)O)C1. The fourth-order valence-corrected chi connectivity index (χ4v) is 3.00. The van der Waals surface area contributed by atoms with E-state index in [1.54, 1.807) is 22.0 Å². The maximum Gasteiger partial charge on any atom is 0.320 e. The molecule has 1 N–H and O–H groups in total. The molecule has 1 unspecified atom stereocenters. The van der Waals surface area contributed by atoms with Crippen molar-refractivity contribution in [2.75, 3.05) is 26.2 Å². The highest BCUT2D eigenvalue weighted by Crippen LogP contribution is 2.35. The van der Waals surface area contributed by atoms with Crippen molar-refractivity contribution < 1.29 is 14.7 Å². The first-order valence-corrected chi connectivity index (χ1v) is 7.49. The Morgan fingerprint density at radius 1 is 1.33 bits per heavy atom. The molecule has 1 rings (SSSR count). The molecule has 0 aliphatic carbocycles. The third-order valence-corrected chi connectivity index (χ3v) is 4.00. The highest BCUT2D eigenvalue weighted by molar-refractivity contribution is 5.79. The second-order valence-corrected chi connectivity index (χ2v) is 5.63. The van der Waals surface area contributed by atoms with Crippen LogP contribution in [-0.4, -0.2) is 53.1 Å². The van der Waals surface area contributed by atoms with E-state index in [1.807, 2.05) is 6.92 Å². The lowest BCUT2D eigenvalue weighted by molar-refractivity contribution is -0.152. The predicted octanol–water partition coefficient (Wildman–Crippen LogP) is 2.75. The van der Waals surface area contributed by atoms with Crippen LogP contribution in [0.5, 0.6) is 0 Å². The Morgan fingerprint density at radius 3 is 2.43 bits per heavy atom. The first-order chi connectivity index (χ1) is 10.0. The van der Waals surface area contributed by atoms with E-state index in [4.69, 9.17) is 0 Å². The molecule has 1 heterocycles. The summed E-state index contributed by atoms with van der Waals surface area (Å²) in [6.07, 6.45) is 6.12. The Balaban J connectivity index is 2.86. The van der Waals surface area contributed by atoms with Gasteiger partial charge >= 0.3 is 12.0 Å². The van der Waals surface area contributed by atoms with E-state index in [0.717, 1.165) is 12.8 Å². The van der Waals surface area contributed by atoms with Gasteiger partial charge in [0.1, 0.15) is 0 Å². The number of piperidine rings is 1. The molecule has 2 amide bonds. The van der Waals surface area contributed by atoms with E-state index in [9.17, 15) is 14.7 Å². The number of urea groups is 1. The molecule has 0 aromatic heterocycles. The van der Waals surface area contributed by atoms with Crippen LogP contribution in [0.3, 0.4) is 0 Å². The smallest absolute Gasteiger partial charge is 0.320 e. The maximum atomic E-state index is 12.6. The molecule has 1 aliphatic heterocycles. The number of likely N-dealkylation sites (tertiary alicyclic amines) is 1. The third kappa shape index (κ3) is 4.09. The van der Waals surface area contributed by atoms with Crippen molar-refractivity contribution >= 4 is 12.0 Å². The number of hydrogen-bond acceptors (Lipinski definition) is 2. The van der Waals surface area contributed by atoms with Crippen LogP contribution in [0.2, 0.25) is 0 Å². The number of carboxylic acid groups (broad SMARTS) is 1. The van der Waals surface area contributed by atoms with Gasteiger partial charge in [0, 0.05) is 26.2 Å². The minimum Gasteiger partial charge on any atom is -0.481 e. The number of amides is 2. The fraction of sp³-hybridized carbons (Fsp3) is 0.625. The summed E-state index contributed by atoms with van der Waals surface area (Å²) in [4.78, 5) is 27.5. The zero-order valence-corrected chi connectivity index (χ0v) is 12.9. The molecular formula is C16H26N2O3. The van der Waals surface area contributed by atoms with Crippen molar-refractivity contribution in [3.05, 3.63) is 25.3 Å². The Kier molecular flexibility index (Phi) is 6.46. The van der Waals surface area contributed by atoms with Gasteiger partial charge in [-0.05, 0) is 19.3 Å². The normalized spacial score (nSPS) is 21.7. The molecule has 118 valence electrons. The van der Waals surface area contributed by atoms with E-state index in [1.165, 1.54) is 0 Å².